The predicted octanol–water partition coefficient (Wildman–Crippen LogP) is 0.596. The standard InChI is InChI=1S/C14H18N4O3S2/c1-8-5-16-13(22-8)12-15-6-10(14(19)21-2)11-4-9(7-18(11)12)17-23(3)20/h5,9,17H,4,6-7H2,1-3H3. The van der Waals surface area contributed by atoms with E-state index in [1.807, 2.05) is 18.0 Å². The van der Waals surface area contributed by atoms with Gasteiger partial charge in [-0.15, -0.1) is 16.1 Å². The first-order valence-corrected chi connectivity index (χ1v) is 9.51. The van der Waals surface area contributed by atoms with E-state index < -0.39 is 11.4 Å². The third-order valence-electron chi connectivity index (χ3n) is 3.74. The molecule has 2 atom stereocenters. The number of rotatable bonds is 4. The second-order valence-corrected chi connectivity index (χ2v) is 7.80. The number of esters is 1. The molecule has 0 aromatic carbocycles. The van der Waals surface area contributed by atoms with E-state index in [1.54, 1.807) is 17.6 Å². The zero-order chi connectivity index (χ0) is 16.6. The highest BCUT2D eigenvalue weighted by atomic mass is 32.2. The van der Waals surface area contributed by atoms with Gasteiger partial charge in [0.1, 0.15) is 6.26 Å². The molecule has 0 saturated carbocycles. The number of nitrogens with zero attached hydrogens (tertiary/aromatic N) is 3. The smallest absolute Gasteiger partial charge is 0.337 e. The number of nitrogens with one attached hydrogen (secondary N) is 1. The van der Waals surface area contributed by atoms with Gasteiger partial charge in [0, 0.05) is 41.1 Å². The summed E-state index contributed by atoms with van der Waals surface area (Å²) in [6, 6.07) is -0.000140. The molecule has 7 nitrogen and oxygen atoms in total. The van der Waals surface area contributed by atoms with Crippen molar-refractivity contribution in [2.24, 2.45) is 4.99 Å². The van der Waals surface area contributed by atoms with Gasteiger partial charge in [0.15, 0.2) is 10.8 Å². The molecule has 0 aliphatic carbocycles. The van der Waals surface area contributed by atoms with Gasteiger partial charge in [0.25, 0.3) is 0 Å². The van der Waals surface area contributed by atoms with Crippen molar-refractivity contribution >= 4 is 34.5 Å². The van der Waals surface area contributed by atoms with Gasteiger partial charge < -0.3 is 14.2 Å². The van der Waals surface area contributed by atoms with Crippen molar-refractivity contribution in [2.75, 3.05) is 26.5 Å². The van der Waals surface area contributed by atoms with Gasteiger partial charge in [-0.1, -0.05) is 0 Å². The minimum Gasteiger partial charge on any atom is -0.598 e. The first-order chi connectivity index (χ1) is 11.0. The molecule has 2 unspecified atom stereocenters. The molecule has 0 bridgehead atoms. The molecule has 3 heterocycles. The van der Waals surface area contributed by atoms with Crippen molar-refractivity contribution in [3.8, 4) is 0 Å². The Hall–Kier alpha value is -1.42. The van der Waals surface area contributed by atoms with Crippen LogP contribution in [0.25, 0.3) is 0 Å². The van der Waals surface area contributed by atoms with Crippen LogP contribution in [0.15, 0.2) is 22.5 Å². The van der Waals surface area contributed by atoms with Crippen molar-refractivity contribution in [3.05, 3.63) is 27.4 Å². The van der Waals surface area contributed by atoms with E-state index in [4.69, 9.17) is 4.74 Å². The summed E-state index contributed by atoms with van der Waals surface area (Å²) in [5.74, 6) is 0.415. The van der Waals surface area contributed by atoms with Crippen molar-refractivity contribution in [2.45, 2.75) is 19.4 Å². The Bertz CT molecular complexity index is 683. The number of aliphatic imine (C=N–C) groups is 1. The van der Waals surface area contributed by atoms with E-state index >= 15 is 0 Å². The molecule has 3 rings (SSSR count). The van der Waals surface area contributed by atoms with Crippen LogP contribution in [0.3, 0.4) is 0 Å². The van der Waals surface area contributed by atoms with Gasteiger partial charge in [-0.2, -0.15) is 0 Å². The van der Waals surface area contributed by atoms with E-state index in [2.05, 4.69) is 14.7 Å². The third-order valence-corrected chi connectivity index (χ3v) is 5.31. The number of methoxy groups -OCH3 is 1. The van der Waals surface area contributed by atoms with E-state index in [1.165, 1.54) is 7.11 Å². The SMILES string of the molecule is COC(=O)C1=C2CC(N[S+](C)[O-])CN2C(c2ncc(C)s2)=NC1. The van der Waals surface area contributed by atoms with Crippen LogP contribution in [-0.4, -0.2) is 58.7 Å². The summed E-state index contributed by atoms with van der Waals surface area (Å²) in [5.41, 5.74) is 1.45. The number of hydrogen-bond acceptors (Lipinski definition) is 8. The van der Waals surface area contributed by atoms with Gasteiger partial charge in [-0.3, -0.25) is 4.99 Å². The van der Waals surface area contributed by atoms with Gasteiger partial charge >= 0.3 is 5.97 Å². The van der Waals surface area contributed by atoms with Crippen LogP contribution in [0, 0.1) is 6.92 Å². The molecule has 0 spiro atoms. The molecule has 1 aromatic rings. The molecule has 2 aliphatic rings. The number of carbonyl (C=O) groups excluding carboxylic acids is 1. The van der Waals surface area contributed by atoms with Crippen LogP contribution >= 0.6 is 11.3 Å². The highest BCUT2D eigenvalue weighted by Gasteiger charge is 2.38. The van der Waals surface area contributed by atoms with E-state index in [9.17, 15) is 9.35 Å². The van der Waals surface area contributed by atoms with E-state index in [-0.39, 0.29) is 18.6 Å². The number of fused-ring (bicyclic) bond motifs is 1. The summed E-state index contributed by atoms with van der Waals surface area (Å²) >= 11 is 0.458. The molecule has 2 aliphatic heterocycles. The lowest BCUT2D eigenvalue weighted by molar-refractivity contribution is -0.136. The number of carbonyl (C=O) groups is 1. The minimum atomic E-state index is -1.11. The van der Waals surface area contributed by atoms with Gasteiger partial charge in [-0.25, -0.2) is 9.78 Å². The monoisotopic (exact) mass is 354 g/mol. The summed E-state index contributed by atoms with van der Waals surface area (Å²) in [6.07, 6.45) is 4.04. The zero-order valence-corrected chi connectivity index (χ0v) is 14.8. The Morgan fingerprint density at radius 2 is 2.39 bits per heavy atom. The van der Waals surface area contributed by atoms with Crippen molar-refractivity contribution in [1.29, 1.82) is 0 Å². The largest absolute Gasteiger partial charge is 0.598 e. The zero-order valence-electron chi connectivity index (χ0n) is 13.2. The summed E-state index contributed by atoms with van der Waals surface area (Å²) in [6.45, 7) is 2.89. The summed E-state index contributed by atoms with van der Waals surface area (Å²) in [7, 11) is 1.37. The fourth-order valence-electron chi connectivity index (χ4n) is 2.83. The molecule has 23 heavy (non-hydrogen) atoms. The molecule has 1 saturated heterocycles. The van der Waals surface area contributed by atoms with E-state index in [0.29, 0.717) is 18.5 Å². The number of thiazole rings is 1. The molecule has 9 heteroatoms. The Labute approximate surface area is 141 Å². The second-order valence-electron chi connectivity index (χ2n) is 5.42. The van der Waals surface area contributed by atoms with Crippen molar-refractivity contribution < 1.29 is 14.1 Å². The van der Waals surface area contributed by atoms with Crippen LogP contribution in [0.4, 0.5) is 0 Å². The lowest BCUT2D eigenvalue weighted by atomic mass is 10.1. The average Bonchev–Trinajstić information content (AvgIpc) is 3.10. The maximum absolute atomic E-state index is 12.0. The van der Waals surface area contributed by atoms with Gasteiger partial charge in [-0.05, 0) is 6.92 Å². The van der Waals surface area contributed by atoms with Crippen LogP contribution in [0.5, 0.6) is 0 Å². The third kappa shape index (κ3) is 3.27. The number of amidine groups is 1. The minimum absolute atomic E-state index is 0.000140. The Morgan fingerprint density at radius 3 is 3.00 bits per heavy atom. The second kappa shape index (κ2) is 6.60. The van der Waals surface area contributed by atoms with Crippen LogP contribution in [0.1, 0.15) is 16.3 Å². The Morgan fingerprint density at radius 1 is 1.61 bits per heavy atom. The predicted molar refractivity (Wildman–Crippen MR) is 89.6 cm³/mol. The quantitative estimate of drug-likeness (QED) is 0.629. The fraction of sp³-hybridized carbons (Fsp3) is 0.500. The maximum Gasteiger partial charge on any atom is 0.337 e. The van der Waals surface area contributed by atoms with Gasteiger partial charge in [0.05, 0.1) is 25.3 Å². The highest BCUT2D eigenvalue weighted by molar-refractivity contribution is 7.88. The van der Waals surface area contributed by atoms with Crippen LogP contribution in [0.2, 0.25) is 0 Å². The fourth-order valence-corrected chi connectivity index (χ4v) is 4.24. The number of aryl methyl sites for hydroxylation is 1. The molecule has 0 radical (unpaired) electrons. The summed E-state index contributed by atoms with van der Waals surface area (Å²) in [4.78, 5) is 24.1. The average molecular weight is 354 g/mol. The first-order valence-electron chi connectivity index (χ1n) is 7.14. The molecule has 1 fully saturated rings. The molecular weight excluding hydrogens is 336 g/mol. The molecule has 124 valence electrons. The van der Waals surface area contributed by atoms with E-state index in [0.717, 1.165) is 21.4 Å². The Kier molecular flexibility index (Phi) is 4.72. The van der Waals surface area contributed by atoms with Crippen LogP contribution in [-0.2, 0) is 20.9 Å². The van der Waals surface area contributed by atoms with Crippen molar-refractivity contribution in [1.82, 2.24) is 14.6 Å². The topological polar surface area (TPSA) is 89.9 Å². The van der Waals surface area contributed by atoms with Crippen LogP contribution < -0.4 is 4.72 Å². The van der Waals surface area contributed by atoms with Gasteiger partial charge in [0.2, 0.25) is 0 Å². The number of aromatic nitrogens is 1. The number of ether oxygens (including phenoxy) is 1. The van der Waals surface area contributed by atoms with Crippen molar-refractivity contribution in [3.63, 3.8) is 0 Å². The molecular formula is C14H18N4O3S2. The highest BCUT2D eigenvalue weighted by Crippen LogP contribution is 2.32. The molecule has 1 aromatic heterocycles. The number of hydrogen-bond donors (Lipinski definition) is 1. The molecule has 0 amide bonds. The maximum atomic E-state index is 12.0. The molecule has 1 N–H and O–H groups in total. The normalized spacial score (nSPS) is 22.0. The summed E-state index contributed by atoms with van der Waals surface area (Å²) < 4.78 is 19.4. The lowest BCUT2D eigenvalue weighted by Crippen LogP contribution is -2.39. The Balaban J connectivity index is 1.93. The lowest BCUT2D eigenvalue weighted by Gasteiger charge is -2.26. The first kappa shape index (κ1) is 16.4. The summed E-state index contributed by atoms with van der Waals surface area (Å²) in [5, 5.41) is 0.835.